The molecule has 2 rings (SSSR count). The molecule has 1 aromatic rings. The lowest BCUT2D eigenvalue weighted by atomic mass is 10.1. The molecule has 0 bridgehead atoms. The van der Waals surface area contributed by atoms with E-state index in [-0.39, 0.29) is 0 Å². The predicted molar refractivity (Wildman–Crippen MR) is 74.6 cm³/mol. The largest absolute Gasteiger partial charge is 0.313 e. The number of sulfonamides is 1. The maximum Gasteiger partial charge on any atom is 0.241 e. The Morgan fingerprint density at radius 1 is 1.44 bits per heavy atom. The van der Waals surface area contributed by atoms with Crippen molar-refractivity contribution in [3.8, 4) is 0 Å². The molecular formula is C12H18N2O2S2. The molecule has 1 aliphatic heterocycles. The minimum absolute atomic E-state index is 0.415. The van der Waals surface area contributed by atoms with Crippen LogP contribution in [0.15, 0.2) is 22.6 Å². The number of hydrogen-bond acceptors (Lipinski definition) is 4. The Morgan fingerprint density at radius 2 is 2.22 bits per heavy atom. The second kappa shape index (κ2) is 5.52. The Bertz CT molecular complexity index is 559. The topological polar surface area (TPSA) is 58.2 Å². The molecule has 6 heteroatoms. The van der Waals surface area contributed by atoms with Crippen LogP contribution in [0.25, 0.3) is 0 Å². The van der Waals surface area contributed by atoms with Gasteiger partial charge in [0.1, 0.15) is 0 Å². The molecule has 2 heterocycles. The van der Waals surface area contributed by atoms with Gasteiger partial charge in [-0.1, -0.05) is 11.6 Å². The first kappa shape index (κ1) is 13.7. The first-order valence-electron chi connectivity index (χ1n) is 5.94. The summed E-state index contributed by atoms with van der Waals surface area (Å²) < 4.78 is 27.0. The van der Waals surface area contributed by atoms with Crippen molar-refractivity contribution in [2.45, 2.75) is 25.2 Å². The number of thiophene rings is 1. The first-order valence-corrected chi connectivity index (χ1v) is 8.24. The molecule has 4 nitrogen and oxygen atoms in total. The zero-order valence-electron chi connectivity index (χ0n) is 10.6. The van der Waals surface area contributed by atoms with Gasteiger partial charge < -0.3 is 5.32 Å². The molecule has 0 fully saturated rings. The van der Waals surface area contributed by atoms with Crippen LogP contribution in [-0.4, -0.2) is 28.1 Å². The summed E-state index contributed by atoms with van der Waals surface area (Å²) in [5.41, 5.74) is 1.15. The Kier molecular flexibility index (Phi) is 4.21. The van der Waals surface area contributed by atoms with E-state index in [1.807, 2.05) is 13.8 Å². The van der Waals surface area contributed by atoms with Gasteiger partial charge in [0.05, 0.1) is 4.90 Å². The highest BCUT2D eigenvalue weighted by Crippen LogP contribution is 2.24. The maximum atomic E-state index is 12.2. The zero-order chi connectivity index (χ0) is 13.2. The Morgan fingerprint density at radius 3 is 2.78 bits per heavy atom. The number of aryl methyl sites for hydroxylation is 2. The molecule has 1 aliphatic rings. The van der Waals surface area contributed by atoms with Crippen LogP contribution in [0.1, 0.15) is 16.2 Å². The van der Waals surface area contributed by atoms with Crippen LogP contribution in [0.4, 0.5) is 0 Å². The second-order valence-corrected chi connectivity index (χ2v) is 7.61. The Balaban J connectivity index is 2.08. The van der Waals surface area contributed by atoms with Gasteiger partial charge in [-0.15, -0.1) is 11.3 Å². The van der Waals surface area contributed by atoms with Crippen molar-refractivity contribution < 1.29 is 8.42 Å². The lowest BCUT2D eigenvalue weighted by Gasteiger charge is -2.14. The fraction of sp³-hybridized carbons (Fsp3) is 0.500. The fourth-order valence-corrected chi connectivity index (χ4v) is 4.56. The molecule has 0 spiro atoms. The quantitative estimate of drug-likeness (QED) is 0.826. The molecule has 0 radical (unpaired) electrons. The third-order valence-corrected chi connectivity index (χ3v) is 5.55. The van der Waals surface area contributed by atoms with Gasteiger partial charge in [0.25, 0.3) is 0 Å². The van der Waals surface area contributed by atoms with Gasteiger partial charge in [-0.05, 0) is 32.9 Å². The van der Waals surface area contributed by atoms with E-state index in [9.17, 15) is 8.42 Å². The van der Waals surface area contributed by atoms with Crippen LogP contribution in [0.2, 0.25) is 0 Å². The normalized spacial score (nSPS) is 16.7. The summed E-state index contributed by atoms with van der Waals surface area (Å²) >= 11 is 1.51. The lowest BCUT2D eigenvalue weighted by Crippen LogP contribution is -2.29. The van der Waals surface area contributed by atoms with E-state index in [4.69, 9.17) is 0 Å². The van der Waals surface area contributed by atoms with Crippen LogP contribution >= 0.6 is 11.3 Å². The fourth-order valence-electron chi connectivity index (χ4n) is 1.97. The molecule has 100 valence electrons. The highest BCUT2D eigenvalue weighted by molar-refractivity contribution is 7.89. The smallest absolute Gasteiger partial charge is 0.241 e. The maximum absolute atomic E-state index is 12.2. The second-order valence-electron chi connectivity index (χ2n) is 4.42. The summed E-state index contributed by atoms with van der Waals surface area (Å²) in [4.78, 5) is 2.28. The van der Waals surface area contributed by atoms with Crippen molar-refractivity contribution >= 4 is 21.4 Å². The average molecular weight is 286 g/mol. The van der Waals surface area contributed by atoms with Crippen molar-refractivity contribution in [3.05, 3.63) is 27.5 Å². The van der Waals surface area contributed by atoms with Gasteiger partial charge in [-0.3, -0.25) is 0 Å². The highest BCUT2D eigenvalue weighted by Gasteiger charge is 2.19. The molecule has 0 aromatic carbocycles. The van der Waals surface area contributed by atoms with Crippen molar-refractivity contribution in [2.75, 3.05) is 19.6 Å². The summed E-state index contributed by atoms with van der Waals surface area (Å²) in [6.07, 6.45) is 2.96. The molecule has 2 N–H and O–H groups in total. The minimum atomic E-state index is -3.37. The molecule has 0 atom stereocenters. The zero-order valence-corrected chi connectivity index (χ0v) is 12.2. The summed E-state index contributed by atoms with van der Waals surface area (Å²) in [6, 6.07) is 1.74. The monoisotopic (exact) mass is 286 g/mol. The molecule has 1 aromatic heterocycles. The van der Waals surface area contributed by atoms with E-state index in [2.05, 4.69) is 16.1 Å². The van der Waals surface area contributed by atoms with Crippen molar-refractivity contribution in [1.82, 2.24) is 10.0 Å². The minimum Gasteiger partial charge on any atom is -0.313 e. The van der Waals surface area contributed by atoms with Gasteiger partial charge >= 0.3 is 0 Å². The van der Waals surface area contributed by atoms with E-state index >= 15 is 0 Å². The SMILES string of the molecule is Cc1cc(S(=O)(=O)NCC2=CCNCC2)c(C)s1. The summed E-state index contributed by atoms with van der Waals surface area (Å²) in [5.74, 6) is 0. The lowest BCUT2D eigenvalue weighted by molar-refractivity contribution is 0.582. The van der Waals surface area contributed by atoms with E-state index in [0.29, 0.717) is 11.4 Å². The van der Waals surface area contributed by atoms with Crippen LogP contribution in [0, 0.1) is 13.8 Å². The van der Waals surface area contributed by atoms with E-state index < -0.39 is 10.0 Å². The first-order chi connectivity index (χ1) is 8.49. The van der Waals surface area contributed by atoms with E-state index in [1.165, 1.54) is 11.3 Å². The molecule has 18 heavy (non-hydrogen) atoms. The predicted octanol–water partition coefficient (Wildman–Crippen LogP) is 1.56. The molecule has 0 aliphatic carbocycles. The van der Waals surface area contributed by atoms with Gasteiger partial charge in [-0.25, -0.2) is 13.1 Å². The molecule has 0 unspecified atom stereocenters. The third-order valence-electron chi connectivity index (χ3n) is 2.93. The van der Waals surface area contributed by atoms with Gasteiger partial charge in [0.15, 0.2) is 0 Å². The summed E-state index contributed by atoms with van der Waals surface area (Å²) in [6.45, 7) is 5.93. The standard InChI is InChI=1S/C12H18N2O2S2/c1-9-7-12(10(2)17-9)18(15,16)14-8-11-3-5-13-6-4-11/h3,7,13-14H,4-6,8H2,1-2H3. The number of hydrogen-bond donors (Lipinski definition) is 2. The molecule has 0 amide bonds. The van der Waals surface area contributed by atoms with Gasteiger partial charge in [0, 0.05) is 22.8 Å². The average Bonchev–Trinajstić information content (AvgIpc) is 2.68. The Labute approximate surface area is 112 Å². The number of nitrogens with one attached hydrogen (secondary N) is 2. The van der Waals surface area contributed by atoms with Crippen LogP contribution < -0.4 is 10.0 Å². The van der Waals surface area contributed by atoms with E-state index in [0.717, 1.165) is 34.8 Å². The highest BCUT2D eigenvalue weighted by atomic mass is 32.2. The van der Waals surface area contributed by atoms with Crippen LogP contribution in [-0.2, 0) is 10.0 Å². The van der Waals surface area contributed by atoms with E-state index in [1.54, 1.807) is 6.07 Å². The third kappa shape index (κ3) is 3.20. The number of rotatable bonds is 4. The van der Waals surface area contributed by atoms with Gasteiger partial charge in [-0.2, -0.15) is 0 Å². The van der Waals surface area contributed by atoms with Crippen molar-refractivity contribution in [3.63, 3.8) is 0 Å². The summed E-state index contributed by atoms with van der Waals surface area (Å²) in [7, 11) is -3.37. The van der Waals surface area contributed by atoms with Crippen molar-refractivity contribution in [2.24, 2.45) is 0 Å². The van der Waals surface area contributed by atoms with Crippen LogP contribution in [0.5, 0.6) is 0 Å². The van der Waals surface area contributed by atoms with Crippen molar-refractivity contribution in [1.29, 1.82) is 0 Å². The summed E-state index contributed by atoms with van der Waals surface area (Å²) in [5, 5.41) is 3.20. The Hall–Kier alpha value is -0.690. The molecular weight excluding hydrogens is 268 g/mol. The van der Waals surface area contributed by atoms with Gasteiger partial charge in [0.2, 0.25) is 10.0 Å². The van der Waals surface area contributed by atoms with Crippen LogP contribution in [0.3, 0.4) is 0 Å². The molecule has 0 saturated heterocycles. The molecule has 0 saturated carbocycles.